The summed E-state index contributed by atoms with van der Waals surface area (Å²) in [5.74, 6) is 0.317. The number of rotatable bonds is 4. The molecule has 3 aromatic rings. The maximum absolute atomic E-state index is 13.5. The lowest BCUT2D eigenvalue weighted by atomic mass is 10.1. The van der Waals surface area contributed by atoms with Gasteiger partial charge in [-0.05, 0) is 42.0 Å². The predicted octanol–water partition coefficient (Wildman–Crippen LogP) is 4.24. The summed E-state index contributed by atoms with van der Waals surface area (Å²) in [6.45, 7) is 2.52. The summed E-state index contributed by atoms with van der Waals surface area (Å²) in [6.07, 6.45) is 0. The van der Waals surface area contributed by atoms with Crippen molar-refractivity contribution in [2.24, 2.45) is 9.98 Å². The highest BCUT2D eigenvalue weighted by Crippen LogP contribution is 2.37. The van der Waals surface area contributed by atoms with Crippen molar-refractivity contribution >= 4 is 46.0 Å². The fourth-order valence-corrected chi connectivity index (χ4v) is 5.69. The minimum absolute atomic E-state index is 0.00458. The van der Waals surface area contributed by atoms with Crippen LogP contribution >= 0.6 is 11.8 Å². The number of thioether (sulfide) groups is 1. The van der Waals surface area contributed by atoms with Crippen LogP contribution in [0.4, 0.5) is 15.8 Å². The number of hydrogen-bond acceptors (Lipinski definition) is 6. The zero-order valence-electron chi connectivity index (χ0n) is 20.0. The maximum Gasteiger partial charge on any atom is 0.263 e. The SMILES string of the molecule is O=C(CSC1=Nc2ccccc2C2=N[C@H](c3ccccc3)C(=O)N12)N1CCN(c2ccc(F)cc2)CC1. The van der Waals surface area contributed by atoms with Crippen molar-refractivity contribution in [2.45, 2.75) is 6.04 Å². The van der Waals surface area contributed by atoms with E-state index in [-0.39, 0.29) is 23.4 Å². The normalized spacial score (nSPS) is 18.8. The fourth-order valence-electron chi connectivity index (χ4n) is 4.78. The van der Waals surface area contributed by atoms with Crippen molar-refractivity contribution in [3.05, 3.63) is 95.8 Å². The number of amidine groups is 2. The Balaban J connectivity index is 1.16. The number of fused-ring (bicyclic) bond motifs is 3. The van der Waals surface area contributed by atoms with Gasteiger partial charge in [0.2, 0.25) is 5.91 Å². The second-order valence-corrected chi connectivity index (χ2v) is 9.93. The topological polar surface area (TPSA) is 68.6 Å². The van der Waals surface area contributed by atoms with Gasteiger partial charge in [0.1, 0.15) is 11.7 Å². The molecule has 0 aromatic heterocycles. The van der Waals surface area contributed by atoms with Gasteiger partial charge < -0.3 is 9.80 Å². The smallest absolute Gasteiger partial charge is 0.263 e. The molecule has 186 valence electrons. The highest BCUT2D eigenvalue weighted by Gasteiger charge is 2.42. The summed E-state index contributed by atoms with van der Waals surface area (Å²) in [5.41, 5.74) is 3.32. The number of aliphatic imine (C=N–C) groups is 2. The Kier molecular flexibility index (Phi) is 6.21. The summed E-state index contributed by atoms with van der Waals surface area (Å²) in [7, 11) is 0. The highest BCUT2D eigenvalue weighted by atomic mass is 32.2. The third-order valence-corrected chi connectivity index (χ3v) is 7.66. The summed E-state index contributed by atoms with van der Waals surface area (Å²) in [4.78, 5) is 41.6. The van der Waals surface area contributed by atoms with Crippen LogP contribution in [0.5, 0.6) is 0 Å². The molecule has 37 heavy (non-hydrogen) atoms. The van der Waals surface area contributed by atoms with Crippen molar-refractivity contribution in [1.29, 1.82) is 0 Å². The molecule has 6 rings (SSSR count). The molecule has 1 fully saturated rings. The van der Waals surface area contributed by atoms with E-state index in [1.54, 1.807) is 17.0 Å². The predicted molar refractivity (Wildman–Crippen MR) is 144 cm³/mol. The van der Waals surface area contributed by atoms with Crippen LogP contribution in [0, 0.1) is 5.82 Å². The van der Waals surface area contributed by atoms with E-state index in [0.717, 1.165) is 22.5 Å². The molecular weight excluding hydrogens is 489 g/mol. The lowest BCUT2D eigenvalue weighted by Crippen LogP contribution is -2.49. The first-order valence-corrected chi connectivity index (χ1v) is 13.1. The highest BCUT2D eigenvalue weighted by molar-refractivity contribution is 8.14. The minimum atomic E-state index is -0.636. The summed E-state index contributed by atoms with van der Waals surface area (Å²) < 4.78 is 13.2. The Morgan fingerprint density at radius 2 is 1.62 bits per heavy atom. The van der Waals surface area contributed by atoms with Gasteiger partial charge >= 0.3 is 0 Å². The van der Waals surface area contributed by atoms with Crippen LogP contribution < -0.4 is 4.90 Å². The number of halogens is 1. The maximum atomic E-state index is 13.5. The number of benzene rings is 3. The van der Waals surface area contributed by atoms with Gasteiger partial charge in [-0.25, -0.2) is 19.3 Å². The van der Waals surface area contributed by atoms with Crippen LogP contribution in [0.2, 0.25) is 0 Å². The molecule has 1 saturated heterocycles. The molecule has 0 saturated carbocycles. The van der Waals surface area contributed by atoms with E-state index in [4.69, 9.17) is 9.98 Å². The third kappa shape index (κ3) is 4.51. The molecule has 0 bridgehead atoms. The van der Waals surface area contributed by atoms with E-state index in [1.807, 2.05) is 59.5 Å². The Morgan fingerprint density at radius 3 is 2.38 bits per heavy atom. The number of nitrogens with zero attached hydrogens (tertiary/aromatic N) is 5. The number of anilines is 1. The quantitative estimate of drug-likeness (QED) is 0.524. The first kappa shape index (κ1) is 23.4. The van der Waals surface area contributed by atoms with Crippen LogP contribution in [-0.2, 0) is 9.59 Å². The summed E-state index contributed by atoms with van der Waals surface area (Å²) in [5, 5.41) is 0.471. The number of carbonyl (C=O) groups excluding carboxylic acids is 2. The first-order chi connectivity index (χ1) is 18.1. The van der Waals surface area contributed by atoms with Crippen molar-refractivity contribution in [2.75, 3.05) is 36.8 Å². The van der Waals surface area contributed by atoms with E-state index >= 15 is 0 Å². The molecule has 2 amide bonds. The minimum Gasteiger partial charge on any atom is -0.368 e. The number of hydrogen-bond donors (Lipinski definition) is 0. The van der Waals surface area contributed by atoms with Gasteiger partial charge in [-0.1, -0.05) is 54.2 Å². The van der Waals surface area contributed by atoms with Crippen LogP contribution in [0.1, 0.15) is 17.2 Å². The van der Waals surface area contributed by atoms with Gasteiger partial charge in [-0.2, -0.15) is 0 Å². The number of para-hydroxylation sites is 1. The third-order valence-electron chi connectivity index (χ3n) is 6.73. The van der Waals surface area contributed by atoms with E-state index in [2.05, 4.69) is 4.90 Å². The van der Waals surface area contributed by atoms with Gasteiger partial charge in [0.05, 0.1) is 11.4 Å². The molecule has 0 N–H and O–H groups in total. The molecule has 0 unspecified atom stereocenters. The molecule has 0 radical (unpaired) electrons. The molecule has 0 spiro atoms. The second-order valence-electron chi connectivity index (χ2n) is 8.98. The van der Waals surface area contributed by atoms with Crippen molar-refractivity contribution in [3.63, 3.8) is 0 Å². The molecule has 3 aromatic carbocycles. The zero-order valence-corrected chi connectivity index (χ0v) is 20.8. The molecule has 3 aliphatic heterocycles. The van der Waals surface area contributed by atoms with Crippen molar-refractivity contribution < 1.29 is 14.0 Å². The molecule has 3 aliphatic rings. The lowest BCUT2D eigenvalue weighted by molar-refractivity contribution is -0.128. The van der Waals surface area contributed by atoms with Crippen LogP contribution in [0.15, 0.2) is 88.8 Å². The number of piperazine rings is 1. The zero-order chi connectivity index (χ0) is 25.4. The van der Waals surface area contributed by atoms with Crippen molar-refractivity contribution in [3.8, 4) is 0 Å². The van der Waals surface area contributed by atoms with E-state index in [1.165, 1.54) is 23.9 Å². The Bertz CT molecular complexity index is 1400. The van der Waals surface area contributed by atoms with Gasteiger partial charge in [-0.3, -0.25) is 9.59 Å². The Hall–Kier alpha value is -3.98. The molecular formula is C28H24FN5O2S. The van der Waals surface area contributed by atoms with E-state index < -0.39 is 6.04 Å². The van der Waals surface area contributed by atoms with Gasteiger partial charge in [0, 0.05) is 37.4 Å². The first-order valence-electron chi connectivity index (χ1n) is 12.1. The largest absolute Gasteiger partial charge is 0.368 e. The number of carbonyl (C=O) groups is 2. The average Bonchev–Trinajstić information content (AvgIpc) is 3.30. The Labute approximate surface area is 218 Å². The average molecular weight is 514 g/mol. The van der Waals surface area contributed by atoms with Crippen molar-refractivity contribution in [1.82, 2.24) is 9.80 Å². The standard InChI is InChI=1S/C28H24FN5O2S/c29-20-10-12-21(13-11-20)32-14-16-33(17-15-32)24(35)18-37-28-30-23-9-5-4-8-22(23)26-31-25(27(36)34(26)28)19-6-2-1-3-7-19/h1-13,25H,14-18H2/t25-/m1/s1. The summed E-state index contributed by atoms with van der Waals surface area (Å²) >= 11 is 1.27. The van der Waals surface area contributed by atoms with Gasteiger partial charge in [0.15, 0.2) is 11.2 Å². The van der Waals surface area contributed by atoms with Crippen LogP contribution in [0.25, 0.3) is 0 Å². The molecule has 0 aliphatic carbocycles. The fraction of sp³-hybridized carbons (Fsp3) is 0.214. The number of amides is 2. The molecule has 9 heteroatoms. The second kappa shape index (κ2) is 9.82. The van der Waals surface area contributed by atoms with Crippen LogP contribution in [-0.4, -0.2) is 64.5 Å². The Morgan fingerprint density at radius 1 is 0.919 bits per heavy atom. The van der Waals surface area contributed by atoms with Crippen LogP contribution in [0.3, 0.4) is 0 Å². The molecule has 1 atom stereocenters. The summed E-state index contributed by atoms with van der Waals surface area (Å²) in [6, 6.07) is 22.9. The molecule has 3 heterocycles. The van der Waals surface area contributed by atoms with E-state index in [0.29, 0.717) is 37.2 Å². The lowest BCUT2D eigenvalue weighted by Gasteiger charge is -2.36. The van der Waals surface area contributed by atoms with Gasteiger partial charge in [-0.15, -0.1) is 0 Å². The monoisotopic (exact) mass is 513 g/mol. The van der Waals surface area contributed by atoms with E-state index in [9.17, 15) is 14.0 Å². The van der Waals surface area contributed by atoms with Gasteiger partial charge in [0.25, 0.3) is 5.91 Å². The molecule has 7 nitrogen and oxygen atoms in total.